The lowest BCUT2D eigenvalue weighted by Gasteiger charge is -2.32. The molecule has 2 unspecified atom stereocenters. The number of fused-ring (bicyclic) bond motifs is 2. The van der Waals surface area contributed by atoms with Crippen molar-refractivity contribution in [3.63, 3.8) is 0 Å². The van der Waals surface area contributed by atoms with Gasteiger partial charge in [0, 0.05) is 30.1 Å². The molecule has 0 saturated carbocycles. The number of nitro benzene ring substituents is 1. The van der Waals surface area contributed by atoms with Gasteiger partial charge in [-0.2, -0.15) is 0 Å². The molecule has 2 aliphatic rings. The van der Waals surface area contributed by atoms with E-state index >= 15 is 0 Å². The summed E-state index contributed by atoms with van der Waals surface area (Å²) in [7, 11) is 0. The quantitative estimate of drug-likeness (QED) is 0.669. The molecule has 1 aromatic heterocycles. The molecule has 1 aromatic carbocycles. The molecule has 2 fully saturated rings. The van der Waals surface area contributed by atoms with Crippen LogP contribution in [0.3, 0.4) is 0 Å². The van der Waals surface area contributed by atoms with Crippen LogP contribution in [0.15, 0.2) is 24.3 Å². The molecule has 2 N–H and O–H groups in total. The fraction of sp³-hybridized carbons (Fsp3) is 0.471. The Morgan fingerprint density at radius 1 is 1.29 bits per heavy atom. The van der Waals surface area contributed by atoms with Gasteiger partial charge in [-0.05, 0) is 31.9 Å². The number of nitrogens with zero attached hydrogens (tertiary/aromatic N) is 2. The summed E-state index contributed by atoms with van der Waals surface area (Å²) in [5, 5.41) is 14.9. The Labute approximate surface area is 139 Å². The number of carbonyl (C=O) groups excluding carboxylic acids is 1. The second kappa shape index (κ2) is 5.90. The lowest BCUT2D eigenvalue weighted by molar-refractivity contribution is -0.383. The number of nitro groups is 1. The minimum absolute atomic E-state index is 0.00845. The normalized spacial score (nSPS) is 24.0. The first kappa shape index (κ1) is 15.1. The van der Waals surface area contributed by atoms with Crippen LogP contribution in [0.4, 0.5) is 5.69 Å². The summed E-state index contributed by atoms with van der Waals surface area (Å²) in [6, 6.07) is 7.13. The van der Waals surface area contributed by atoms with Gasteiger partial charge in [-0.1, -0.05) is 18.6 Å². The van der Waals surface area contributed by atoms with E-state index in [9.17, 15) is 14.9 Å². The van der Waals surface area contributed by atoms with Gasteiger partial charge in [-0.3, -0.25) is 19.8 Å². The minimum atomic E-state index is -0.433. The first-order valence-electron chi connectivity index (χ1n) is 8.44. The Morgan fingerprint density at radius 2 is 2.17 bits per heavy atom. The summed E-state index contributed by atoms with van der Waals surface area (Å²) < 4.78 is 0. The van der Waals surface area contributed by atoms with Crippen LogP contribution in [0.1, 0.15) is 36.2 Å². The van der Waals surface area contributed by atoms with Crippen LogP contribution < -0.4 is 5.32 Å². The van der Waals surface area contributed by atoms with Gasteiger partial charge in [-0.25, -0.2) is 0 Å². The smallest absolute Gasteiger partial charge is 0.293 e. The van der Waals surface area contributed by atoms with Crippen molar-refractivity contribution in [2.75, 3.05) is 13.1 Å². The first-order valence-corrected chi connectivity index (χ1v) is 8.44. The highest BCUT2D eigenvalue weighted by Gasteiger charge is 2.36. The van der Waals surface area contributed by atoms with Crippen LogP contribution in [-0.4, -0.2) is 45.9 Å². The monoisotopic (exact) mass is 328 g/mol. The number of non-ortho nitro benzene ring substituents is 1. The average Bonchev–Trinajstić information content (AvgIpc) is 3.18. The zero-order valence-electron chi connectivity index (χ0n) is 13.3. The SMILES string of the molecule is O=C(NC1CCN2CCCCC12)c1cc2cccc([N+](=O)[O-])c2[nH]1. The third kappa shape index (κ3) is 2.54. The van der Waals surface area contributed by atoms with Gasteiger partial charge in [0.1, 0.15) is 11.2 Å². The van der Waals surface area contributed by atoms with Crippen LogP contribution in [0, 0.1) is 10.1 Å². The summed E-state index contributed by atoms with van der Waals surface area (Å²) in [6.45, 7) is 2.16. The molecule has 0 bridgehead atoms. The Bertz CT molecular complexity index is 800. The highest BCUT2D eigenvalue weighted by Crippen LogP contribution is 2.28. The summed E-state index contributed by atoms with van der Waals surface area (Å²) in [5.74, 6) is -0.182. The number of nitrogens with one attached hydrogen (secondary N) is 2. The number of amides is 1. The van der Waals surface area contributed by atoms with Crippen LogP contribution in [0.2, 0.25) is 0 Å². The first-order chi connectivity index (χ1) is 11.6. The molecule has 1 amide bonds. The van der Waals surface area contributed by atoms with E-state index in [-0.39, 0.29) is 17.6 Å². The molecule has 2 saturated heterocycles. The number of rotatable bonds is 3. The number of H-pyrrole nitrogens is 1. The van der Waals surface area contributed by atoms with E-state index in [4.69, 9.17) is 0 Å². The fourth-order valence-electron chi connectivity index (χ4n) is 4.08. The molecular weight excluding hydrogens is 308 g/mol. The maximum atomic E-state index is 12.6. The van der Waals surface area contributed by atoms with E-state index in [1.807, 2.05) is 0 Å². The maximum absolute atomic E-state index is 12.6. The predicted octanol–water partition coefficient (Wildman–Crippen LogP) is 2.43. The van der Waals surface area contributed by atoms with Gasteiger partial charge in [-0.15, -0.1) is 0 Å². The van der Waals surface area contributed by atoms with Crippen molar-refractivity contribution in [2.45, 2.75) is 37.8 Å². The Balaban J connectivity index is 1.55. The molecule has 7 nitrogen and oxygen atoms in total. The lowest BCUT2D eigenvalue weighted by atomic mass is 9.99. The van der Waals surface area contributed by atoms with Crippen LogP contribution >= 0.6 is 0 Å². The number of hydrogen-bond acceptors (Lipinski definition) is 4. The molecule has 2 atom stereocenters. The van der Waals surface area contributed by atoms with Gasteiger partial charge in [0.05, 0.1) is 4.92 Å². The molecule has 126 valence electrons. The average molecular weight is 328 g/mol. The van der Waals surface area contributed by atoms with Crippen molar-refractivity contribution in [1.29, 1.82) is 0 Å². The maximum Gasteiger partial charge on any atom is 0.293 e. The number of piperidine rings is 1. The van der Waals surface area contributed by atoms with Crippen molar-refractivity contribution in [3.05, 3.63) is 40.1 Å². The van der Waals surface area contributed by atoms with Crippen molar-refractivity contribution in [2.24, 2.45) is 0 Å². The van der Waals surface area contributed by atoms with Gasteiger partial charge in [0.2, 0.25) is 0 Å². The molecule has 24 heavy (non-hydrogen) atoms. The number of para-hydroxylation sites is 1. The third-order valence-electron chi connectivity index (χ3n) is 5.25. The number of carbonyl (C=O) groups is 1. The number of hydrogen-bond donors (Lipinski definition) is 2. The topological polar surface area (TPSA) is 91.3 Å². The van der Waals surface area contributed by atoms with E-state index in [1.54, 1.807) is 18.2 Å². The van der Waals surface area contributed by atoms with Gasteiger partial charge in [0.15, 0.2) is 0 Å². The second-order valence-electron chi connectivity index (χ2n) is 6.65. The molecule has 2 aromatic rings. The number of aromatic amines is 1. The molecule has 0 radical (unpaired) electrons. The zero-order valence-corrected chi connectivity index (χ0v) is 13.3. The van der Waals surface area contributed by atoms with Gasteiger partial charge < -0.3 is 10.3 Å². The Morgan fingerprint density at radius 3 is 3.00 bits per heavy atom. The molecule has 2 aliphatic heterocycles. The highest BCUT2D eigenvalue weighted by molar-refractivity contribution is 6.00. The van der Waals surface area contributed by atoms with Crippen LogP contribution in [0.25, 0.3) is 10.9 Å². The summed E-state index contributed by atoms with van der Waals surface area (Å²) in [6.07, 6.45) is 4.55. The van der Waals surface area contributed by atoms with Crippen molar-refractivity contribution in [3.8, 4) is 0 Å². The summed E-state index contributed by atoms with van der Waals surface area (Å²) in [4.78, 5) is 28.7. The van der Waals surface area contributed by atoms with Crippen LogP contribution in [0.5, 0.6) is 0 Å². The van der Waals surface area contributed by atoms with E-state index in [0.29, 0.717) is 22.6 Å². The largest absolute Gasteiger partial charge is 0.346 e. The van der Waals surface area contributed by atoms with E-state index < -0.39 is 4.92 Å². The zero-order chi connectivity index (χ0) is 16.7. The molecule has 3 heterocycles. The van der Waals surface area contributed by atoms with Gasteiger partial charge in [0.25, 0.3) is 11.6 Å². The van der Waals surface area contributed by atoms with E-state index in [2.05, 4.69) is 15.2 Å². The van der Waals surface area contributed by atoms with Gasteiger partial charge >= 0.3 is 0 Å². The minimum Gasteiger partial charge on any atom is -0.346 e. The highest BCUT2D eigenvalue weighted by atomic mass is 16.6. The van der Waals surface area contributed by atoms with E-state index in [1.165, 1.54) is 18.9 Å². The number of benzene rings is 1. The molecular formula is C17H20N4O3. The summed E-state index contributed by atoms with van der Waals surface area (Å²) >= 11 is 0. The van der Waals surface area contributed by atoms with E-state index in [0.717, 1.165) is 25.9 Å². The second-order valence-corrected chi connectivity index (χ2v) is 6.65. The third-order valence-corrected chi connectivity index (χ3v) is 5.25. The van der Waals surface area contributed by atoms with Crippen molar-refractivity contribution >= 4 is 22.5 Å². The molecule has 0 aliphatic carbocycles. The molecule has 7 heteroatoms. The number of aromatic nitrogens is 1. The Kier molecular flexibility index (Phi) is 3.72. The lowest BCUT2D eigenvalue weighted by Crippen LogP contribution is -2.46. The van der Waals surface area contributed by atoms with Crippen LogP contribution in [-0.2, 0) is 0 Å². The van der Waals surface area contributed by atoms with Crippen molar-refractivity contribution in [1.82, 2.24) is 15.2 Å². The molecule has 0 spiro atoms. The summed E-state index contributed by atoms with van der Waals surface area (Å²) in [5.41, 5.74) is 0.776. The standard InChI is InChI=1S/C17H20N4O3/c22-17(19-12-7-9-20-8-2-1-5-14(12)20)13-10-11-4-3-6-15(21(23)24)16(11)18-13/h3-4,6,10,12,14,18H,1-2,5,7-9H2,(H,19,22). The van der Waals surface area contributed by atoms with Crippen molar-refractivity contribution < 1.29 is 9.72 Å². The predicted molar refractivity (Wildman–Crippen MR) is 90.0 cm³/mol. The Hall–Kier alpha value is -2.41. The fourth-order valence-corrected chi connectivity index (χ4v) is 4.08. The molecule has 4 rings (SSSR count).